The predicted octanol–water partition coefficient (Wildman–Crippen LogP) is 2.82. The Labute approximate surface area is 162 Å². The maximum absolute atomic E-state index is 5.50. The third kappa shape index (κ3) is 5.07. The van der Waals surface area contributed by atoms with Crippen LogP contribution >= 0.6 is 11.8 Å². The summed E-state index contributed by atoms with van der Waals surface area (Å²) in [4.78, 5) is 9.85. The number of benzene rings is 1. The molecule has 0 saturated carbocycles. The van der Waals surface area contributed by atoms with E-state index in [1.165, 1.54) is 23.4 Å². The molecule has 1 aromatic carbocycles. The van der Waals surface area contributed by atoms with E-state index in [0.717, 1.165) is 58.4 Å². The molecule has 0 spiro atoms. The minimum Gasteiger partial charge on any atom is -0.378 e. The summed E-state index contributed by atoms with van der Waals surface area (Å²) in [6.45, 7) is 11.8. The van der Waals surface area contributed by atoms with Crippen LogP contribution in [-0.2, 0) is 11.3 Å². The molecule has 144 valence electrons. The summed E-state index contributed by atoms with van der Waals surface area (Å²) in [6, 6.07) is 8.66. The molecule has 6 heteroatoms. The van der Waals surface area contributed by atoms with Crippen LogP contribution in [0, 0.1) is 0 Å². The van der Waals surface area contributed by atoms with Crippen LogP contribution in [0.5, 0.6) is 0 Å². The van der Waals surface area contributed by atoms with Crippen molar-refractivity contribution in [3.8, 4) is 0 Å². The van der Waals surface area contributed by atoms with Crippen molar-refractivity contribution in [1.29, 1.82) is 0 Å². The van der Waals surface area contributed by atoms with Crippen molar-refractivity contribution < 1.29 is 4.74 Å². The molecule has 26 heavy (non-hydrogen) atoms. The largest absolute Gasteiger partial charge is 0.378 e. The number of hydrogen-bond acceptors (Lipinski definition) is 4. The number of nitrogens with one attached hydrogen (secondary N) is 1. The Morgan fingerprint density at radius 2 is 2.04 bits per heavy atom. The van der Waals surface area contributed by atoms with Crippen LogP contribution in [0.1, 0.15) is 25.8 Å². The topological polar surface area (TPSA) is 40.1 Å². The molecule has 3 rings (SSSR count). The molecule has 0 radical (unpaired) electrons. The minimum atomic E-state index is 0.716. The van der Waals surface area contributed by atoms with Crippen molar-refractivity contribution in [3.05, 3.63) is 29.8 Å². The molecule has 1 aromatic rings. The van der Waals surface area contributed by atoms with Crippen molar-refractivity contribution in [1.82, 2.24) is 10.2 Å². The van der Waals surface area contributed by atoms with Crippen LogP contribution in [0.3, 0.4) is 0 Å². The summed E-state index contributed by atoms with van der Waals surface area (Å²) in [6.07, 6.45) is 1.22. The van der Waals surface area contributed by atoms with E-state index in [9.17, 15) is 0 Å². The van der Waals surface area contributed by atoms with Gasteiger partial charge in [0, 0.05) is 49.4 Å². The second-order valence-corrected chi connectivity index (χ2v) is 8.15. The Hall–Kier alpha value is -1.40. The van der Waals surface area contributed by atoms with Gasteiger partial charge in [-0.25, -0.2) is 4.99 Å². The Morgan fingerprint density at radius 1 is 1.23 bits per heavy atom. The fourth-order valence-corrected chi connectivity index (χ4v) is 4.68. The number of thioether (sulfide) groups is 1. The number of anilines is 1. The quantitative estimate of drug-likeness (QED) is 0.632. The highest BCUT2D eigenvalue weighted by molar-refractivity contribution is 8.00. The van der Waals surface area contributed by atoms with Crippen LogP contribution < -0.4 is 10.2 Å². The highest BCUT2D eigenvalue weighted by Gasteiger charge is 2.21. The lowest BCUT2D eigenvalue weighted by atomic mass is 10.1. The molecule has 5 nitrogen and oxygen atoms in total. The van der Waals surface area contributed by atoms with E-state index in [4.69, 9.17) is 9.73 Å². The van der Waals surface area contributed by atoms with Crippen molar-refractivity contribution in [2.24, 2.45) is 4.99 Å². The summed E-state index contributed by atoms with van der Waals surface area (Å²) in [5.74, 6) is 2.25. The molecule has 1 unspecified atom stereocenters. The van der Waals surface area contributed by atoms with Gasteiger partial charge in [-0.15, -0.1) is 0 Å². The summed E-state index contributed by atoms with van der Waals surface area (Å²) < 4.78 is 5.50. The smallest absolute Gasteiger partial charge is 0.194 e. The third-order valence-electron chi connectivity index (χ3n) is 4.97. The zero-order valence-electron chi connectivity index (χ0n) is 16.1. The predicted molar refractivity (Wildman–Crippen MR) is 112 cm³/mol. The van der Waals surface area contributed by atoms with Gasteiger partial charge in [-0.05, 0) is 25.0 Å². The van der Waals surface area contributed by atoms with Crippen LogP contribution in [0.2, 0.25) is 0 Å². The first-order chi connectivity index (χ1) is 12.8. The van der Waals surface area contributed by atoms with E-state index in [0.29, 0.717) is 5.25 Å². The van der Waals surface area contributed by atoms with Gasteiger partial charge in [0.2, 0.25) is 0 Å². The Balaban J connectivity index is 1.73. The lowest BCUT2D eigenvalue weighted by Gasteiger charge is -2.34. The average Bonchev–Trinajstić information content (AvgIpc) is 2.72. The van der Waals surface area contributed by atoms with E-state index < -0.39 is 0 Å². The number of para-hydroxylation sites is 1. The Bertz CT molecular complexity index is 589. The minimum absolute atomic E-state index is 0.716. The van der Waals surface area contributed by atoms with Crippen LogP contribution in [0.25, 0.3) is 0 Å². The normalized spacial score (nSPS) is 21.8. The molecule has 2 aliphatic heterocycles. The monoisotopic (exact) mass is 376 g/mol. The number of aliphatic imine (C=N–C) groups is 1. The van der Waals surface area contributed by atoms with Gasteiger partial charge in [-0.1, -0.05) is 25.1 Å². The van der Waals surface area contributed by atoms with E-state index in [1.54, 1.807) is 0 Å². The molecule has 1 atom stereocenters. The van der Waals surface area contributed by atoms with Gasteiger partial charge in [0.25, 0.3) is 0 Å². The second-order valence-electron chi connectivity index (χ2n) is 6.75. The van der Waals surface area contributed by atoms with Gasteiger partial charge in [0.05, 0.1) is 19.8 Å². The number of morpholine rings is 1. The van der Waals surface area contributed by atoms with Crippen LogP contribution in [0.4, 0.5) is 5.69 Å². The Morgan fingerprint density at radius 3 is 2.81 bits per heavy atom. The molecule has 0 amide bonds. The number of hydrogen-bond donors (Lipinski definition) is 1. The fraction of sp³-hybridized carbons (Fsp3) is 0.650. The Kier molecular flexibility index (Phi) is 7.50. The summed E-state index contributed by atoms with van der Waals surface area (Å²) in [7, 11) is 0. The first-order valence-corrected chi connectivity index (χ1v) is 10.9. The van der Waals surface area contributed by atoms with Gasteiger partial charge in [0.15, 0.2) is 5.96 Å². The summed E-state index contributed by atoms with van der Waals surface area (Å²) in [5, 5.41) is 4.22. The highest BCUT2D eigenvalue weighted by atomic mass is 32.2. The molecular weight excluding hydrogens is 344 g/mol. The summed E-state index contributed by atoms with van der Waals surface area (Å²) >= 11 is 2.10. The third-order valence-corrected chi connectivity index (χ3v) is 6.34. The van der Waals surface area contributed by atoms with Gasteiger partial charge in [0.1, 0.15) is 0 Å². The fourth-order valence-electron chi connectivity index (χ4n) is 3.50. The lowest BCUT2D eigenvalue weighted by Crippen LogP contribution is -2.48. The van der Waals surface area contributed by atoms with E-state index in [-0.39, 0.29) is 0 Å². The molecule has 2 heterocycles. The summed E-state index contributed by atoms with van der Waals surface area (Å²) in [5.41, 5.74) is 2.60. The van der Waals surface area contributed by atoms with Crippen molar-refractivity contribution in [2.45, 2.75) is 32.1 Å². The highest BCUT2D eigenvalue weighted by Crippen LogP contribution is 2.23. The molecule has 0 aromatic heterocycles. The molecule has 2 fully saturated rings. The van der Waals surface area contributed by atoms with Crippen LogP contribution in [0.15, 0.2) is 29.3 Å². The van der Waals surface area contributed by atoms with Gasteiger partial charge >= 0.3 is 0 Å². The molecule has 0 aliphatic carbocycles. The SMILES string of the molecule is CCNC(=NCc1ccccc1N1CCOCC1)N1CCSC(CC)C1. The first kappa shape index (κ1) is 19.4. The van der Waals surface area contributed by atoms with E-state index >= 15 is 0 Å². The maximum Gasteiger partial charge on any atom is 0.194 e. The molecule has 0 bridgehead atoms. The number of nitrogens with zero attached hydrogens (tertiary/aromatic N) is 3. The second kappa shape index (κ2) is 10.1. The lowest BCUT2D eigenvalue weighted by molar-refractivity contribution is 0.122. The van der Waals surface area contributed by atoms with Crippen molar-refractivity contribution in [2.75, 3.05) is 56.6 Å². The maximum atomic E-state index is 5.50. The van der Waals surface area contributed by atoms with Crippen molar-refractivity contribution >= 4 is 23.4 Å². The van der Waals surface area contributed by atoms with Crippen molar-refractivity contribution in [3.63, 3.8) is 0 Å². The van der Waals surface area contributed by atoms with E-state index in [1.807, 2.05) is 0 Å². The van der Waals surface area contributed by atoms with Gasteiger partial charge < -0.3 is 19.9 Å². The number of ether oxygens (including phenoxy) is 1. The molecule has 2 aliphatic rings. The zero-order valence-corrected chi connectivity index (χ0v) is 16.9. The average molecular weight is 377 g/mol. The standard InChI is InChI=1S/C20H32N4OS/c1-3-18-16-24(11-14-26-18)20(21-4-2)22-15-17-7-5-6-8-19(17)23-9-12-25-13-10-23/h5-8,18H,3-4,9-16H2,1-2H3,(H,21,22). The number of guanidine groups is 1. The first-order valence-electron chi connectivity index (χ1n) is 9.87. The molecule has 2 saturated heterocycles. The van der Waals surface area contributed by atoms with Crippen LogP contribution in [-0.4, -0.2) is 67.8 Å². The molecular formula is C20H32N4OS. The van der Waals surface area contributed by atoms with Gasteiger partial charge in [-0.3, -0.25) is 0 Å². The van der Waals surface area contributed by atoms with Gasteiger partial charge in [-0.2, -0.15) is 11.8 Å². The zero-order chi connectivity index (χ0) is 18.2. The molecule has 1 N–H and O–H groups in total. The number of rotatable bonds is 5. The van der Waals surface area contributed by atoms with E-state index in [2.05, 4.69) is 65.0 Å².